The molecule has 0 saturated heterocycles. The highest BCUT2D eigenvalue weighted by Gasteiger charge is 2.17. The fourth-order valence-corrected chi connectivity index (χ4v) is 1.72. The van der Waals surface area contributed by atoms with E-state index in [0.29, 0.717) is 5.76 Å². The number of phenolic OH excluding ortho intramolecular Hbond substituents is 1. The van der Waals surface area contributed by atoms with E-state index in [1.165, 1.54) is 12.1 Å². The average molecular weight is 263 g/mol. The fraction of sp³-hybridized carbons (Fsp3) is 0.214. The monoisotopic (exact) mass is 263 g/mol. The third-order valence-corrected chi connectivity index (χ3v) is 2.73. The molecular weight excluding hydrogens is 249 g/mol. The molecular formula is C14H14FNO3. The number of halogens is 1. The first-order valence-electron chi connectivity index (χ1n) is 5.83. The van der Waals surface area contributed by atoms with Gasteiger partial charge in [0.25, 0.3) is 5.91 Å². The Kier molecular flexibility index (Phi) is 3.55. The minimum absolute atomic E-state index is 0.118. The van der Waals surface area contributed by atoms with Crippen LogP contribution in [-0.2, 0) is 0 Å². The number of carbonyl (C=O) groups excluding carboxylic acids is 1. The number of hydrogen-bond donors (Lipinski definition) is 2. The number of aromatic hydroxyl groups is 1. The molecule has 1 amide bonds. The molecule has 1 unspecified atom stereocenters. The van der Waals surface area contributed by atoms with Gasteiger partial charge < -0.3 is 14.8 Å². The van der Waals surface area contributed by atoms with E-state index in [0.717, 1.165) is 11.8 Å². The van der Waals surface area contributed by atoms with Gasteiger partial charge in [-0.25, -0.2) is 4.39 Å². The van der Waals surface area contributed by atoms with E-state index >= 15 is 0 Å². The van der Waals surface area contributed by atoms with Crippen molar-refractivity contribution in [3.8, 4) is 5.75 Å². The molecule has 0 spiro atoms. The van der Waals surface area contributed by atoms with Crippen LogP contribution in [0.15, 0.2) is 34.7 Å². The SMILES string of the molecule is Cc1ccc(C(C)NC(=O)c2ccc(O)cc2F)o1. The van der Waals surface area contributed by atoms with Crippen LogP contribution in [0.3, 0.4) is 0 Å². The number of amides is 1. The third kappa shape index (κ3) is 2.93. The van der Waals surface area contributed by atoms with Crippen molar-refractivity contribution in [2.45, 2.75) is 19.9 Å². The summed E-state index contributed by atoms with van der Waals surface area (Å²) in [5.41, 5.74) is -0.118. The third-order valence-electron chi connectivity index (χ3n) is 2.73. The van der Waals surface area contributed by atoms with Gasteiger partial charge in [-0.3, -0.25) is 4.79 Å². The van der Waals surface area contributed by atoms with Gasteiger partial charge in [-0.15, -0.1) is 0 Å². The minimum atomic E-state index is -0.764. The maximum atomic E-state index is 13.5. The summed E-state index contributed by atoms with van der Waals surface area (Å²) in [5.74, 6) is -0.194. The molecule has 0 fully saturated rings. The average Bonchev–Trinajstić information content (AvgIpc) is 2.75. The highest BCUT2D eigenvalue weighted by atomic mass is 19.1. The number of phenols is 1. The molecule has 0 aliphatic heterocycles. The van der Waals surface area contributed by atoms with Crippen LogP contribution in [0.2, 0.25) is 0 Å². The standard InChI is InChI=1S/C14H14FNO3/c1-8-3-6-13(19-8)9(2)16-14(18)11-5-4-10(17)7-12(11)15/h3-7,9,17H,1-2H3,(H,16,18). The van der Waals surface area contributed by atoms with Crippen LogP contribution >= 0.6 is 0 Å². The highest BCUT2D eigenvalue weighted by molar-refractivity contribution is 5.94. The van der Waals surface area contributed by atoms with Crippen molar-refractivity contribution in [1.82, 2.24) is 5.32 Å². The van der Waals surface area contributed by atoms with E-state index in [-0.39, 0.29) is 17.4 Å². The second-order valence-electron chi connectivity index (χ2n) is 4.31. The normalized spacial score (nSPS) is 12.2. The summed E-state index contributed by atoms with van der Waals surface area (Å²) >= 11 is 0. The Morgan fingerprint density at radius 1 is 1.37 bits per heavy atom. The van der Waals surface area contributed by atoms with Gasteiger partial charge in [0.1, 0.15) is 23.1 Å². The molecule has 1 heterocycles. The molecule has 19 heavy (non-hydrogen) atoms. The van der Waals surface area contributed by atoms with E-state index in [9.17, 15) is 9.18 Å². The fourth-order valence-electron chi connectivity index (χ4n) is 1.72. The van der Waals surface area contributed by atoms with Crippen molar-refractivity contribution in [3.63, 3.8) is 0 Å². The summed E-state index contributed by atoms with van der Waals surface area (Å²) in [6.45, 7) is 3.55. The molecule has 5 heteroatoms. The molecule has 2 aromatic rings. The summed E-state index contributed by atoms with van der Waals surface area (Å²) in [6.07, 6.45) is 0. The van der Waals surface area contributed by atoms with Crippen molar-refractivity contribution in [1.29, 1.82) is 0 Å². The number of aryl methyl sites for hydroxylation is 1. The number of furan rings is 1. The Labute approximate surface area is 109 Å². The van der Waals surface area contributed by atoms with E-state index in [2.05, 4.69) is 5.32 Å². The summed E-state index contributed by atoms with van der Waals surface area (Å²) in [5, 5.41) is 11.7. The van der Waals surface area contributed by atoms with Crippen LogP contribution in [0.5, 0.6) is 5.75 Å². The first-order valence-corrected chi connectivity index (χ1v) is 5.83. The number of carbonyl (C=O) groups is 1. The number of rotatable bonds is 3. The first kappa shape index (κ1) is 13.1. The van der Waals surface area contributed by atoms with Gasteiger partial charge in [0.15, 0.2) is 0 Å². The maximum absolute atomic E-state index is 13.5. The van der Waals surface area contributed by atoms with E-state index < -0.39 is 11.7 Å². The molecule has 0 saturated carbocycles. The summed E-state index contributed by atoms with van der Waals surface area (Å²) in [4.78, 5) is 11.9. The van der Waals surface area contributed by atoms with Crippen LogP contribution in [0.1, 0.15) is 34.8 Å². The summed E-state index contributed by atoms with van der Waals surface area (Å²) in [7, 11) is 0. The molecule has 0 radical (unpaired) electrons. The quantitative estimate of drug-likeness (QED) is 0.895. The molecule has 2 rings (SSSR count). The van der Waals surface area contributed by atoms with E-state index in [1.54, 1.807) is 26.0 Å². The van der Waals surface area contributed by atoms with Crippen LogP contribution in [0, 0.1) is 12.7 Å². The molecule has 2 N–H and O–H groups in total. The van der Waals surface area contributed by atoms with Gasteiger partial charge in [0.2, 0.25) is 0 Å². The molecule has 0 aliphatic rings. The van der Waals surface area contributed by atoms with Crippen LogP contribution < -0.4 is 5.32 Å². The molecule has 1 aromatic heterocycles. The van der Waals surface area contributed by atoms with Crippen LogP contribution in [0.25, 0.3) is 0 Å². The van der Waals surface area contributed by atoms with Gasteiger partial charge in [-0.05, 0) is 38.1 Å². The highest BCUT2D eigenvalue weighted by Crippen LogP contribution is 2.18. The van der Waals surface area contributed by atoms with Crippen LogP contribution in [-0.4, -0.2) is 11.0 Å². The number of hydrogen-bond acceptors (Lipinski definition) is 3. The van der Waals surface area contributed by atoms with Crippen LogP contribution in [0.4, 0.5) is 4.39 Å². The largest absolute Gasteiger partial charge is 0.508 e. The second kappa shape index (κ2) is 5.14. The molecule has 1 atom stereocenters. The van der Waals surface area contributed by atoms with E-state index in [4.69, 9.17) is 9.52 Å². The zero-order chi connectivity index (χ0) is 14.0. The molecule has 100 valence electrons. The lowest BCUT2D eigenvalue weighted by Gasteiger charge is -2.12. The Morgan fingerprint density at radius 2 is 2.11 bits per heavy atom. The van der Waals surface area contributed by atoms with Gasteiger partial charge in [0.05, 0.1) is 11.6 Å². The van der Waals surface area contributed by atoms with Crippen molar-refractivity contribution in [2.75, 3.05) is 0 Å². The van der Waals surface area contributed by atoms with Crippen molar-refractivity contribution >= 4 is 5.91 Å². The Bertz CT molecular complexity index is 606. The lowest BCUT2D eigenvalue weighted by molar-refractivity contribution is 0.0931. The lowest BCUT2D eigenvalue weighted by Crippen LogP contribution is -2.27. The van der Waals surface area contributed by atoms with E-state index in [1.807, 2.05) is 0 Å². The Balaban J connectivity index is 2.12. The Hall–Kier alpha value is -2.30. The van der Waals surface area contributed by atoms with Gasteiger partial charge in [-0.1, -0.05) is 0 Å². The molecule has 1 aromatic carbocycles. The van der Waals surface area contributed by atoms with Gasteiger partial charge in [0, 0.05) is 6.07 Å². The lowest BCUT2D eigenvalue weighted by atomic mass is 10.1. The molecule has 4 nitrogen and oxygen atoms in total. The van der Waals surface area contributed by atoms with Crippen molar-refractivity contribution in [3.05, 3.63) is 53.2 Å². The Morgan fingerprint density at radius 3 is 2.68 bits per heavy atom. The predicted molar refractivity (Wildman–Crippen MR) is 67.4 cm³/mol. The zero-order valence-electron chi connectivity index (χ0n) is 10.6. The summed E-state index contributed by atoms with van der Waals surface area (Å²) in [6, 6.07) is 6.58. The molecule has 0 bridgehead atoms. The van der Waals surface area contributed by atoms with Crippen molar-refractivity contribution in [2.24, 2.45) is 0 Å². The molecule has 0 aliphatic carbocycles. The topological polar surface area (TPSA) is 62.5 Å². The minimum Gasteiger partial charge on any atom is -0.508 e. The zero-order valence-corrected chi connectivity index (χ0v) is 10.6. The predicted octanol–water partition coefficient (Wildman–Crippen LogP) is 2.92. The van der Waals surface area contributed by atoms with Gasteiger partial charge >= 0.3 is 0 Å². The first-order chi connectivity index (χ1) is 8.97. The second-order valence-corrected chi connectivity index (χ2v) is 4.31. The summed E-state index contributed by atoms with van der Waals surface area (Å²) < 4.78 is 18.9. The van der Waals surface area contributed by atoms with Crippen molar-refractivity contribution < 1.29 is 18.7 Å². The smallest absolute Gasteiger partial charge is 0.254 e. The maximum Gasteiger partial charge on any atom is 0.254 e. The number of benzene rings is 1. The van der Waals surface area contributed by atoms with Gasteiger partial charge in [-0.2, -0.15) is 0 Å². The number of nitrogens with one attached hydrogen (secondary N) is 1.